The lowest BCUT2D eigenvalue weighted by atomic mass is 10.3. The number of hydrogen-bond donors (Lipinski definition) is 1. The summed E-state index contributed by atoms with van der Waals surface area (Å²) in [4.78, 5) is 12.8. The van der Waals surface area contributed by atoms with E-state index in [1.807, 2.05) is 6.92 Å². The fourth-order valence-electron chi connectivity index (χ4n) is 2.76. The summed E-state index contributed by atoms with van der Waals surface area (Å²) in [5.41, 5.74) is 0.381. The molecule has 3 rings (SSSR count). The van der Waals surface area contributed by atoms with Gasteiger partial charge in [0.2, 0.25) is 11.0 Å². The molecule has 0 bridgehead atoms. The maximum atomic E-state index is 13.4. The van der Waals surface area contributed by atoms with E-state index in [0.717, 1.165) is 14.4 Å². The molecule has 0 unspecified atom stereocenters. The van der Waals surface area contributed by atoms with E-state index in [-0.39, 0.29) is 4.90 Å². The molecule has 0 saturated heterocycles. The van der Waals surface area contributed by atoms with Crippen molar-refractivity contribution >= 4 is 49.8 Å². The zero-order chi connectivity index (χ0) is 23.8. The van der Waals surface area contributed by atoms with E-state index in [4.69, 9.17) is 4.74 Å². The van der Waals surface area contributed by atoms with Gasteiger partial charge < -0.3 is 4.74 Å². The van der Waals surface area contributed by atoms with Crippen LogP contribution in [0.4, 0.5) is 10.8 Å². The Balaban J connectivity index is 1.79. The Hall–Kier alpha value is -2.63. The Bertz CT molecular complexity index is 1150. The molecule has 0 saturated carbocycles. The second kappa shape index (κ2) is 11.5. The molecule has 1 amide bonds. The highest BCUT2D eigenvalue weighted by Crippen LogP contribution is 2.28. The smallest absolute Gasteiger partial charge is 0.264 e. The molecule has 0 fully saturated rings. The van der Waals surface area contributed by atoms with Crippen molar-refractivity contribution in [3.8, 4) is 5.75 Å². The predicted octanol–water partition coefficient (Wildman–Crippen LogP) is 4.52. The molecule has 0 atom stereocenters. The van der Waals surface area contributed by atoms with Gasteiger partial charge in [0.15, 0.2) is 4.34 Å². The van der Waals surface area contributed by atoms with E-state index < -0.39 is 22.5 Å². The van der Waals surface area contributed by atoms with E-state index in [2.05, 4.69) is 29.4 Å². The topological polar surface area (TPSA) is 101 Å². The minimum atomic E-state index is -4.01. The molecule has 1 aromatic heterocycles. The Labute approximate surface area is 202 Å². The third-order valence-electron chi connectivity index (χ3n) is 4.25. The first-order valence-electron chi connectivity index (χ1n) is 10.4. The van der Waals surface area contributed by atoms with Crippen LogP contribution in [0.5, 0.6) is 5.75 Å². The number of aromatic nitrogens is 2. The molecule has 11 heteroatoms. The Kier molecular flexibility index (Phi) is 8.70. The zero-order valence-corrected chi connectivity index (χ0v) is 21.0. The summed E-state index contributed by atoms with van der Waals surface area (Å²) in [7, 11) is -4.01. The molecule has 2 aromatic carbocycles. The first-order valence-corrected chi connectivity index (χ1v) is 13.6. The summed E-state index contributed by atoms with van der Waals surface area (Å²) in [6, 6.07) is 14.6. The number of rotatable bonds is 11. The Morgan fingerprint density at radius 1 is 1.12 bits per heavy atom. The van der Waals surface area contributed by atoms with Crippen LogP contribution in [-0.2, 0) is 14.8 Å². The zero-order valence-electron chi connectivity index (χ0n) is 18.6. The summed E-state index contributed by atoms with van der Waals surface area (Å²) in [6.07, 6.45) is 0. The van der Waals surface area contributed by atoms with Crippen LogP contribution >= 0.6 is 23.1 Å². The minimum absolute atomic E-state index is 0.0610. The van der Waals surface area contributed by atoms with Gasteiger partial charge in [0, 0.05) is 5.75 Å². The molecule has 1 heterocycles. The summed E-state index contributed by atoms with van der Waals surface area (Å²) >= 11 is 2.83. The molecule has 0 aliphatic carbocycles. The lowest BCUT2D eigenvalue weighted by molar-refractivity contribution is -0.114. The molecule has 1 N–H and O–H groups in total. The summed E-state index contributed by atoms with van der Waals surface area (Å²) in [5.74, 6) is 1.46. The lowest BCUT2D eigenvalue weighted by Crippen LogP contribution is -2.38. The third kappa shape index (κ3) is 6.92. The highest BCUT2D eigenvalue weighted by atomic mass is 32.2. The van der Waals surface area contributed by atoms with Crippen molar-refractivity contribution in [1.82, 2.24) is 10.2 Å². The van der Waals surface area contributed by atoms with Crippen LogP contribution in [0.2, 0.25) is 0 Å². The van der Waals surface area contributed by atoms with Gasteiger partial charge in [-0.05, 0) is 49.2 Å². The standard InChI is InChI=1S/C22H26N4O4S3/c1-4-30-18-10-12-19(13-11-18)33(28,29)26(17-8-6-5-7-9-17)14-20(27)23-21-24-25-22(32-21)31-15-16(2)3/h5-13,16H,4,14-15H2,1-3H3,(H,23,24,27). The Morgan fingerprint density at radius 2 is 1.82 bits per heavy atom. The molecule has 8 nitrogen and oxygen atoms in total. The van der Waals surface area contributed by atoms with Crippen LogP contribution in [0.3, 0.4) is 0 Å². The number of amides is 1. The fraction of sp³-hybridized carbons (Fsp3) is 0.318. The number of carbonyl (C=O) groups is 1. The number of para-hydroxylation sites is 1. The van der Waals surface area contributed by atoms with Gasteiger partial charge in [-0.2, -0.15) is 0 Å². The van der Waals surface area contributed by atoms with Gasteiger partial charge >= 0.3 is 0 Å². The quantitative estimate of drug-likeness (QED) is 0.301. The van der Waals surface area contributed by atoms with E-state index in [9.17, 15) is 13.2 Å². The van der Waals surface area contributed by atoms with Crippen LogP contribution in [0.25, 0.3) is 0 Å². The first kappa shape index (κ1) is 25.0. The fourth-order valence-corrected chi connectivity index (χ4v) is 5.92. The molecule has 33 heavy (non-hydrogen) atoms. The van der Waals surface area contributed by atoms with Crippen LogP contribution in [-0.4, -0.2) is 43.4 Å². The normalized spacial score (nSPS) is 11.4. The highest BCUT2D eigenvalue weighted by molar-refractivity contribution is 8.01. The van der Waals surface area contributed by atoms with Crippen molar-refractivity contribution in [2.75, 3.05) is 28.5 Å². The predicted molar refractivity (Wildman–Crippen MR) is 133 cm³/mol. The van der Waals surface area contributed by atoms with Crippen molar-refractivity contribution in [2.45, 2.75) is 30.0 Å². The minimum Gasteiger partial charge on any atom is -0.494 e. The van der Waals surface area contributed by atoms with Crippen molar-refractivity contribution in [3.05, 3.63) is 54.6 Å². The van der Waals surface area contributed by atoms with Crippen molar-refractivity contribution < 1.29 is 17.9 Å². The highest BCUT2D eigenvalue weighted by Gasteiger charge is 2.27. The largest absolute Gasteiger partial charge is 0.494 e. The summed E-state index contributed by atoms with van der Waals surface area (Å²) < 4.78 is 34.1. The molecule has 176 valence electrons. The average Bonchev–Trinajstić information content (AvgIpc) is 3.24. The maximum Gasteiger partial charge on any atom is 0.264 e. The lowest BCUT2D eigenvalue weighted by Gasteiger charge is -2.24. The monoisotopic (exact) mass is 506 g/mol. The van der Waals surface area contributed by atoms with E-state index in [0.29, 0.717) is 29.1 Å². The van der Waals surface area contributed by atoms with Gasteiger partial charge in [-0.3, -0.25) is 14.4 Å². The number of anilines is 2. The second-order valence-corrected chi connectivity index (χ2v) is 11.5. The van der Waals surface area contributed by atoms with Crippen LogP contribution in [0.1, 0.15) is 20.8 Å². The van der Waals surface area contributed by atoms with E-state index >= 15 is 0 Å². The number of nitrogens with zero attached hydrogens (tertiary/aromatic N) is 3. The number of carbonyl (C=O) groups excluding carboxylic acids is 1. The van der Waals surface area contributed by atoms with Gasteiger partial charge in [0.25, 0.3) is 10.0 Å². The van der Waals surface area contributed by atoms with Crippen LogP contribution in [0.15, 0.2) is 63.8 Å². The first-order chi connectivity index (χ1) is 15.8. The van der Waals surface area contributed by atoms with Crippen LogP contribution < -0.4 is 14.4 Å². The van der Waals surface area contributed by atoms with Gasteiger partial charge in [-0.25, -0.2) is 8.42 Å². The van der Waals surface area contributed by atoms with Crippen molar-refractivity contribution in [3.63, 3.8) is 0 Å². The second-order valence-electron chi connectivity index (χ2n) is 7.38. The van der Waals surface area contributed by atoms with Gasteiger partial charge in [-0.15, -0.1) is 10.2 Å². The summed E-state index contributed by atoms with van der Waals surface area (Å²) in [5, 5.41) is 11.1. The van der Waals surface area contributed by atoms with Gasteiger partial charge in [0.1, 0.15) is 12.3 Å². The average molecular weight is 507 g/mol. The van der Waals surface area contributed by atoms with Gasteiger partial charge in [-0.1, -0.05) is 55.1 Å². The maximum absolute atomic E-state index is 13.4. The van der Waals surface area contributed by atoms with E-state index in [1.54, 1.807) is 54.2 Å². The molecule has 0 aliphatic rings. The molecule has 3 aromatic rings. The number of nitrogens with one attached hydrogen (secondary N) is 1. The van der Waals surface area contributed by atoms with Crippen LogP contribution in [0, 0.1) is 5.92 Å². The molecule has 0 aliphatic heterocycles. The van der Waals surface area contributed by atoms with E-state index in [1.165, 1.54) is 23.5 Å². The molecular weight excluding hydrogens is 480 g/mol. The molecular formula is C22H26N4O4S3. The van der Waals surface area contributed by atoms with Crippen molar-refractivity contribution in [1.29, 1.82) is 0 Å². The van der Waals surface area contributed by atoms with Crippen molar-refractivity contribution in [2.24, 2.45) is 5.92 Å². The van der Waals surface area contributed by atoms with Gasteiger partial charge in [0.05, 0.1) is 17.2 Å². The number of ether oxygens (including phenoxy) is 1. The Morgan fingerprint density at radius 3 is 2.45 bits per heavy atom. The number of sulfonamides is 1. The third-order valence-corrected chi connectivity index (χ3v) is 8.43. The SMILES string of the molecule is CCOc1ccc(S(=O)(=O)N(CC(=O)Nc2nnc(SCC(C)C)s2)c2ccccc2)cc1. The molecule has 0 radical (unpaired) electrons. The number of thioether (sulfide) groups is 1. The summed E-state index contributed by atoms with van der Waals surface area (Å²) in [6.45, 7) is 6.14. The number of benzene rings is 2. The molecule has 0 spiro atoms. The number of hydrogen-bond acceptors (Lipinski definition) is 8.